The number of rotatable bonds is 2. The Balaban J connectivity index is 2.42. The summed E-state index contributed by atoms with van der Waals surface area (Å²) in [4.78, 5) is 4.11. The number of ether oxygens (including phenoxy) is 1. The number of methoxy groups -OCH3 is 1. The van der Waals surface area contributed by atoms with Gasteiger partial charge in [-0.15, -0.1) is 0 Å². The number of pyridine rings is 1. The van der Waals surface area contributed by atoms with Gasteiger partial charge in [-0.1, -0.05) is 12.1 Å². The van der Waals surface area contributed by atoms with Crippen LogP contribution in [0.5, 0.6) is 5.75 Å². The van der Waals surface area contributed by atoms with Gasteiger partial charge in [-0.05, 0) is 36.2 Å². The number of aryl methyl sites for hydroxylation is 1. The van der Waals surface area contributed by atoms with Crippen LogP contribution in [-0.4, -0.2) is 12.1 Å². The van der Waals surface area contributed by atoms with Crippen LogP contribution in [0.15, 0.2) is 36.5 Å². The first-order valence-corrected chi connectivity index (χ1v) is 5.07. The third-order valence-electron chi connectivity index (χ3n) is 2.53. The second-order valence-electron chi connectivity index (χ2n) is 3.65. The van der Waals surface area contributed by atoms with Gasteiger partial charge in [-0.3, -0.25) is 0 Å². The Kier molecular flexibility index (Phi) is 2.77. The molecule has 0 aliphatic rings. The van der Waals surface area contributed by atoms with E-state index in [0.29, 0.717) is 5.82 Å². The fourth-order valence-corrected chi connectivity index (χ4v) is 1.65. The number of aromatic nitrogens is 1. The van der Waals surface area contributed by atoms with Crippen molar-refractivity contribution in [3.8, 4) is 16.9 Å². The van der Waals surface area contributed by atoms with Crippen LogP contribution in [0.3, 0.4) is 0 Å². The van der Waals surface area contributed by atoms with Crippen LogP contribution in [0.1, 0.15) is 5.56 Å². The van der Waals surface area contributed by atoms with Crippen LogP contribution in [0.25, 0.3) is 11.1 Å². The number of nitrogen functional groups attached to an aromatic ring is 1. The topological polar surface area (TPSA) is 48.1 Å². The van der Waals surface area contributed by atoms with Gasteiger partial charge in [0.2, 0.25) is 0 Å². The molecule has 3 heteroatoms. The molecule has 0 radical (unpaired) electrons. The lowest BCUT2D eigenvalue weighted by Crippen LogP contribution is -1.92. The Hall–Kier alpha value is -2.03. The SMILES string of the molecule is COc1ccc(-c2cnc(N)cc2C)cc1. The molecule has 2 N–H and O–H groups in total. The van der Waals surface area contributed by atoms with Crippen molar-refractivity contribution in [2.45, 2.75) is 6.92 Å². The molecule has 1 aromatic carbocycles. The van der Waals surface area contributed by atoms with Crippen molar-refractivity contribution >= 4 is 5.82 Å². The van der Waals surface area contributed by atoms with E-state index in [9.17, 15) is 0 Å². The predicted molar refractivity (Wildman–Crippen MR) is 65.4 cm³/mol. The second kappa shape index (κ2) is 4.23. The molecular weight excluding hydrogens is 200 g/mol. The van der Waals surface area contributed by atoms with Crippen molar-refractivity contribution in [3.63, 3.8) is 0 Å². The monoisotopic (exact) mass is 214 g/mol. The Morgan fingerprint density at radius 2 is 1.88 bits per heavy atom. The first-order valence-electron chi connectivity index (χ1n) is 5.07. The summed E-state index contributed by atoms with van der Waals surface area (Å²) in [7, 11) is 1.66. The number of anilines is 1. The third kappa shape index (κ3) is 1.98. The largest absolute Gasteiger partial charge is 0.497 e. The minimum atomic E-state index is 0.551. The zero-order chi connectivity index (χ0) is 11.5. The molecule has 3 nitrogen and oxygen atoms in total. The lowest BCUT2D eigenvalue weighted by atomic mass is 10.0. The summed E-state index contributed by atoms with van der Waals surface area (Å²) in [5.41, 5.74) is 8.95. The van der Waals surface area contributed by atoms with Gasteiger partial charge in [0.05, 0.1) is 7.11 Å². The number of hydrogen-bond donors (Lipinski definition) is 1. The van der Waals surface area contributed by atoms with E-state index in [2.05, 4.69) is 4.98 Å². The summed E-state index contributed by atoms with van der Waals surface area (Å²) in [5.74, 6) is 1.40. The Morgan fingerprint density at radius 3 is 2.44 bits per heavy atom. The van der Waals surface area contributed by atoms with E-state index in [1.165, 1.54) is 0 Å². The molecule has 0 bridgehead atoms. The molecule has 0 saturated carbocycles. The quantitative estimate of drug-likeness (QED) is 0.836. The molecule has 0 spiro atoms. The minimum Gasteiger partial charge on any atom is -0.497 e. The second-order valence-corrected chi connectivity index (χ2v) is 3.65. The maximum Gasteiger partial charge on any atom is 0.123 e. The average molecular weight is 214 g/mol. The fraction of sp³-hybridized carbons (Fsp3) is 0.154. The maximum atomic E-state index is 5.62. The number of nitrogens with zero attached hydrogens (tertiary/aromatic N) is 1. The predicted octanol–water partition coefficient (Wildman–Crippen LogP) is 2.65. The van der Waals surface area contributed by atoms with E-state index < -0.39 is 0 Å². The van der Waals surface area contributed by atoms with Crippen LogP contribution in [0.4, 0.5) is 5.82 Å². The molecule has 0 aliphatic heterocycles. The fourth-order valence-electron chi connectivity index (χ4n) is 1.65. The van der Waals surface area contributed by atoms with Crippen LogP contribution in [0, 0.1) is 6.92 Å². The molecule has 0 fully saturated rings. The molecule has 1 heterocycles. The van der Waals surface area contributed by atoms with Crippen molar-refractivity contribution in [2.75, 3.05) is 12.8 Å². The molecule has 82 valence electrons. The first-order chi connectivity index (χ1) is 7.70. The molecule has 0 amide bonds. The van der Waals surface area contributed by atoms with Crippen molar-refractivity contribution in [3.05, 3.63) is 42.1 Å². The van der Waals surface area contributed by atoms with Crippen LogP contribution in [0.2, 0.25) is 0 Å². The molecular formula is C13H14N2O. The van der Waals surface area contributed by atoms with E-state index in [-0.39, 0.29) is 0 Å². The zero-order valence-corrected chi connectivity index (χ0v) is 9.40. The van der Waals surface area contributed by atoms with Gasteiger partial charge in [0.25, 0.3) is 0 Å². The van der Waals surface area contributed by atoms with E-state index in [1.807, 2.05) is 37.3 Å². The van der Waals surface area contributed by atoms with Crippen LogP contribution >= 0.6 is 0 Å². The lowest BCUT2D eigenvalue weighted by Gasteiger charge is -2.07. The van der Waals surface area contributed by atoms with Gasteiger partial charge in [0.1, 0.15) is 11.6 Å². The van der Waals surface area contributed by atoms with E-state index in [1.54, 1.807) is 13.3 Å². The number of hydrogen-bond acceptors (Lipinski definition) is 3. The van der Waals surface area contributed by atoms with Gasteiger partial charge in [-0.2, -0.15) is 0 Å². The van der Waals surface area contributed by atoms with Crippen molar-refractivity contribution < 1.29 is 4.74 Å². The number of nitrogens with two attached hydrogens (primary N) is 1. The normalized spacial score (nSPS) is 10.1. The van der Waals surface area contributed by atoms with Gasteiger partial charge in [-0.25, -0.2) is 4.98 Å². The summed E-state index contributed by atoms with van der Waals surface area (Å²) >= 11 is 0. The van der Waals surface area contributed by atoms with Crippen LogP contribution in [-0.2, 0) is 0 Å². The smallest absolute Gasteiger partial charge is 0.123 e. The van der Waals surface area contributed by atoms with Crippen LogP contribution < -0.4 is 10.5 Å². The molecule has 1 aromatic heterocycles. The van der Waals surface area contributed by atoms with Gasteiger partial charge in [0, 0.05) is 11.8 Å². The molecule has 2 aromatic rings. The van der Waals surface area contributed by atoms with Gasteiger partial charge < -0.3 is 10.5 Å². The summed E-state index contributed by atoms with van der Waals surface area (Å²) in [5, 5.41) is 0. The molecule has 0 saturated heterocycles. The summed E-state index contributed by atoms with van der Waals surface area (Å²) in [6.07, 6.45) is 1.80. The third-order valence-corrected chi connectivity index (χ3v) is 2.53. The summed E-state index contributed by atoms with van der Waals surface area (Å²) < 4.78 is 5.12. The van der Waals surface area contributed by atoms with E-state index >= 15 is 0 Å². The zero-order valence-electron chi connectivity index (χ0n) is 9.40. The molecule has 16 heavy (non-hydrogen) atoms. The maximum absolute atomic E-state index is 5.62. The average Bonchev–Trinajstić information content (AvgIpc) is 2.29. The van der Waals surface area contributed by atoms with Gasteiger partial charge in [0.15, 0.2) is 0 Å². The summed E-state index contributed by atoms with van der Waals surface area (Å²) in [6, 6.07) is 9.77. The van der Waals surface area contributed by atoms with Gasteiger partial charge >= 0.3 is 0 Å². The first kappa shape index (κ1) is 10.5. The Labute approximate surface area is 94.9 Å². The molecule has 2 rings (SSSR count). The standard InChI is InChI=1S/C13H14N2O/c1-9-7-13(14)15-8-12(9)10-3-5-11(16-2)6-4-10/h3-8H,1-2H3,(H2,14,15). The van der Waals surface area contributed by atoms with E-state index in [0.717, 1.165) is 22.4 Å². The highest BCUT2D eigenvalue weighted by atomic mass is 16.5. The highest BCUT2D eigenvalue weighted by molar-refractivity contribution is 5.68. The summed E-state index contributed by atoms with van der Waals surface area (Å²) in [6.45, 7) is 2.03. The lowest BCUT2D eigenvalue weighted by molar-refractivity contribution is 0.415. The highest BCUT2D eigenvalue weighted by Crippen LogP contribution is 2.25. The van der Waals surface area contributed by atoms with Crippen molar-refractivity contribution in [2.24, 2.45) is 0 Å². The molecule has 0 aliphatic carbocycles. The van der Waals surface area contributed by atoms with E-state index in [4.69, 9.17) is 10.5 Å². The molecule has 0 atom stereocenters. The Morgan fingerprint density at radius 1 is 1.19 bits per heavy atom. The van der Waals surface area contributed by atoms with Crippen molar-refractivity contribution in [1.82, 2.24) is 4.98 Å². The minimum absolute atomic E-state index is 0.551. The highest BCUT2D eigenvalue weighted by Gasteiger charge is 2.03. The Bertz CT molecular complexity index is 492. The molecule has 0 unspecified atom stereocenters. The number of benzene rings is 1. The van der Waals surface area contributed by atoms with Crippen molar-refractivity contribution in [1.29, 1.82) is 0 Å².